The number of aromatic nitrogens is 2. The fourth-order valence-corrected chi connectivity index (χ4v) is 3.31. The first kappa shape index (κ1) is 19.5. The van der Waals surface area contributed by atoms with E-state index in [9.17, 15) is 5.11 Å². The van der Waals surface area contributed by atoms with Gasteiger partial charge in [0, 0.05) is 11.6 Å². The summed E-state index contributed by atoms with van der Waals surface area (Å²) in [5.74, 6) is 1.18. The van der Waals surface area contributed by atoms with Gasteiger partial charge in [-0.15, -0.1) is 0 Å². The summed E-state index contributed by atoms with van der Waals surface area (Å²) in [6, 6.07) is 24.0. The standard InChI is InChI=1S/C25H23N3O2/c1-17(18-8-10-20(11-9-18)19-6-4-3-5-7-19)27-25-16-26-15-22(28-25)21-12-13-23(29)24(14-21)30-2/h3-17,29H,1-2H3,(H,27,28). The van der Waals surface area contributed by atoms with Gasteiger partial charge in [0.05, 0.1) is 25.2 Å². The van der Waals surface area contributed by atoms with Gasteiger partial charge in [-0.25, -0.2) is 4.98 Å². The first-order valence-electron chi connectivity index (χ1n) is 9.75. The lowest BCUT2D eigenvalue weighted by molar-refractivity contribution is 0.373. The maximum Gasteiger partial charge on any atom is 0.161 e. The summed E-state index contributed by atoms with van der Waals surface area (Å²) in [6.45, 7) is 2.09. The van der Waals surface area contributed by atoms with Crippen molar-refractivity contribution in [1.29, 1.82) is 0 Å². The highest BCUT2D eigenvalue weighted by atomic mass is 16.5. The third-order valence-corrected chi connectivity index (χ3v) is 4.99. The Hall–Kier alpha value is -3.86. The molecule has 1 aromatic heterocycles. The molecule has 0 bridgehead atoms. The van der Waals surface area contributed by atoms with Crippen LogP contribution < -0.4 is 10.1 Å². The number of aromatic hydroxyl groups is 1. The zero-order chi connectivity index (χ0) is 20.9. The molecular weight excluding hydrogens is 374 g/mol. The molecule has 0 radical (unpaired) electrons. The van der Waals surface area contributed by atoms with Gasteiger partial charge in [-0.1, -0.05) is 54.6 Å². The van der Waals surface area contributed by atoms with Gasteiger partial charge in [-0.2, -0.15) is 0 Å². The molecule has 0 fully saturated rings. The van der Waals surface area contributed by atoms with Crippen molar-refractivity contribution in [3.63, 3.8) is 0 Å². The van der Waals surface area contributed by atoms with E-state index in [4.69, 9.17) is 4.74 Å². The minimum Gasteiger partial charge on any atom is -0.504 e. The molecule has 1 heterocycles. The number of nitrogens with zero attached hydrogens (tertiary/aromatic N) is 2. The molecule has 4 aromatic rings. The maximum absolute atomic E-state index is 9.80. The Morgan fingerprint density at radius 1 is 0.867 bits per heavy atom. The molecule has 0 amide bonds. The van der Waals surface area contributed by atoms with Gasteiger partial charge < -0.3 is 15.2 Å². The number of phenols is 1. The van der Waals surface area contributed by atoms with E-state index in [-0.39, 0.29) is 11.8 Å². The summed E-state index contributed by atoms with van der Waals surface area (Å²) in [7, 11) is 1.52. The Bertz CT molecular complexity index is 1130. The SMILES string of the molecule is COc1cc(-c2cncc(NC(C)c3ccc(-c4ccccc4)cc3)n2)ccc1O. The van der Waals surface area contributed by atoms with Gasteiger partial charge in [0.25, 0.3) is 0 Å². The maximum atomic E-state index is 9.80. The third-order valence-electron chi connectivity index (χ3n) is 4.99. The Morgan fingerprint density at radius 2 is 1.57 bits per heavy atom. The van der Waals surface area contributed by atoms with Gasteiger partial charge >= 0.3 is 0 Å². The largest absolute Gasteiger partial charge is 0.504 e. The lowest BCUT2D eigenvalue weighted by Crippen LogP contribution is -2.08. The molecule has 1 unspecified atom stereocenters. The highest BCUT2D eigenvalue weighted by Gasteiger charge is 2.10. The molecular formula is C25H23N3O2. The van der Waals surface area contributed by atoms with Crippen LogP contribution in [0, 0.1) is 0 Å². The van der Waals surface area contributed by atoms with Gasteiger partial charge in [0.1, 0.15) is 5.82 Å². The predicted molar refractivity (Wildman–Crippen MR) is 120 cm³/mol. The lowest BCUT2D eigenvalue weighted by Gasteiger charge is -2.16. The van der Waals surface area contributed by atoms with Crippen molar-refractivity contribution in [3.8, 4) is 33.9 Å². The normalized spacial score (nSPS) is 11.7. The molecule has 150 valence electrons. The predicted octanol–water partition coefficient (Wildman–Crippen LogP) is 5.70. The molecule has 4 rings (SSSR count). The van der Waals surface area contributed by atoms with Crippen LogP contribution in [0.15, 0.2) is 85.2 Å². The second-order valence-corrected chi connectivity index (χ2v) is 7.03. The number of nitrogens with one attached hydrogen (secondary N) is 1. The van der Waals surface area contributed by atoms with Crippen molar-refractivity contribution in [2.75, 3.05) is 12.4 Å². The van der Waals surface area contributed by atoms with Crippen molar-refractivity contribution in [3.05, 3.63) is 90.8 Å². The van der Waals surface area contributed by atoms with Crippen molar-refractivity contribution >= 4 is 5.82 Å². The van der Waals surface area contributed by atoms with Crippen LogP contribution in [-0.2, 0) is 0 Å². The summed E-state index contributed by atoms with van der Waals surface area (Å²) in [4.78, 5) is 8.98. The van der Waals surface area contributed by atoms with E-state index < -0.39 is 0 Å². The highest BCUT2D eigenvalue weighted by molar-refractivity contribution is 5.65. The number of hydrogen-bond donors (Lipinski definition) is 2. The molecule has 2 N–H and O–H groups in total. The summed E-state index contributed by atoms with van der Waals surface area (Å²) in [6.07, 6.45) is 3.40. The number of anilines is 1. The Morgan fingerprint density at radius 3 is 2.30 bits per heavy atom. The van der Waals surface area contributed by atoms with E-state index in [1.54, 1.807) is 30.6 Å². The quantitative estimate of drug-likeness (QED) is 0.437. The molecule has 5 nitrogen and oxygen atoms in total. The van der Waals surface area contributed by atoms with Crippen molar-refractivity contribution < 1.29 is 9.84 Å². The van der Waals surface area contributed by atoms with E-state index in [2.05, 4.69) is 58.6 Å². The number of hydrogen-bond acceptors (Lipinski definition) is 5. The minimum atomic E-state index is 0.0636. The van der Waals surface area contributed by atoms with Crippen molar-refractivity contribution in [1.82, 2.24) is 9.97 Å². The Labute approximate surface area is 176 Å². The van der Waals surface area contributed by atoms with Crippen LogP contribution in [0.1, 0.15) is 18.5 Å². The van der Waals surface area contributed by atoms with Crippen LogP contribution >= 0.6 is 0 Å². The summed E-state index contributed by atoms with van der Waals surface area (Å²) < 4.78 is 5.19. The van der Waals surface area contributed by atoms with Crippen LogP contribution in [0.5, 0.6) is 11.5 Å². The van der Waals surface area contributed by atoms with Crippen LogP contribution in [0.3, 0.4) is 0 Å². The fraction of sp³-hybridized carbons (Fsp3) is 0.120. The molecule has 0 saturated carbocycles. The zero-order valence-electron chi connectivity index (χ0n) is 16.9. The molecule has 5 heteroatoms. The average molecular weight is 397 g/mol. The number of phenolic OH excluding ortho intramolecular Hbond substituents is 1. The van der Waals surface area contributed by atoms with Gasteiger partial charge in [0.15, 0.2) is 11.5 Å². The molecule has 30 heavy (non-hydrogen) atoms. The first-order valence-corrected chi connectivity index (χ1v) is 9.75. The molecule has 0 spiro atoms. The van der Waals surface area contributed by atoms with Crippen LogP contribution in [0.25, 0.3) is 22.4 Å². The molecule has 3 aromatic carbocycles. The van der Waals surface area contributed by atoms with Crippen molar-refractivity contribution in [2.24, 2.45) is 0 Å². The molecule has 0 aliphatic rings. The zero-order valence-corrected chi connectivity index (χ0v) is 16.9. The van der Waals surface area contributed by atoms with Crippen LogP contribution in [0.2, 0.25) is 0 Å². The second kappa shape index (κ2) is 8.66. The average Bonchev–Trinajstić information content (AvgIpc) is 2.80. The molecule has 0 aliphatic heterocycles. The van der Waals surface area contributed by atoms with Gasteiger partial charge in [-0.05, 0) is 41.8 Å². The summed E-state index contributed by atoms with van der Waals surface area (Å²) in [5, 5.41) is 13.2. The van der Waals surface area contributed by atoms with E-state index in [1.165, 1.54) is 18.2 Å². The highest BCUT2D eigenvalue weighted by Crippen LogP contribution is 2.31. The number of benzene rings is 3. The van der Waals surface area contributed by atoms with Crippen molar-refractivity contribution in [2.45, 2.75) is 13.0 Å². The summed E-state index contributed by atoms with van der Waals surface area (Å²) >= 11 is 0. The van der Waals surface area contributed by atoms with Crippen LogP contribution in [-0.4, -0.2) is 22.2 Å². The number of ether oxygens (including phenoxy) is 1. The molecule has 0 aliphatic carbocycles. The van der Waals surface area contributed by atoms with Gasteiger partial charge in [-0.3, -0.25) is 4.98 Å². The third kappa shape index (κ3) is 4.25. The number of rotatable bonds is 6. The van der Waals surface area contributed by atoms with E-state index in [0.717, 1.165) is 11.1 Å². The monoisotopic (exact) mass is 397 g/mol. The van der Waals surface area contributed by atoms with E-state index in [1.807, 2.05) is 18.2 Å². The van der Waals surface area contributed by atoms with E-state index >= 15 is 0 Å². The number of methoxy groups -OCH3 is 1. The Kier molecular flexibility index (Phi) is 5.61. The molecule has 1 atom stereocenters. The summed E-state index contributed by atoms with van der Waals surface area (Å²) in [5.41, 5.74) is 5.07. The Balaban J connectivity index is 1.51. The topological polar surface area (TPSA) is 67.3 Å². The van der Waals surface area contributed by atoms with E-state index in [0.29, 0.717) is 17.3 Å². The fourth-order valence-electron chi connectivity index (χ4n) is 3.31. The minimum absolute atomic E-state index is 0.0636. The smallest absolute Gasteiger partial charge is 0.161 e. The molecule has 0 saturated heterocycles. The lowest BCUT2D eigenvalue weighted by atomic mass is 10.0. The first-order chi connectivity index (χ1) is 14.6. The second-order valence-electron chi connectivity index (χ2n) is 7.03. The van der Waals surface area contributed by atoms with Crippen LogP contribution in [0.4, 0.5) is 5.82 Å². The van der Waals surface area contributed by atoms with Gasteiger partial charge in [0.2, 0.25) is 0 Å².